The van der Waals surface area contributed by atoms with E-state index in [4.69, 9.17) is 8.85 Å². The van der Waals surface area contributed by atoms with E-state index in [1.54, 1.807) is 0 Å². The van der Waals surface area contributed by atoms with Crippen molar-refractivity contribution >= 4 is 47.8 Å². The van der Waals surface area contributed by atoms with Crippen LogP contribution in [-0.4, -0.2) is 29.3 Å². The number of benzene rings is 6. The van der Waals surface area contributed by atoms with Crippen molar-refractivity contribution in [1.29, 1.82) is 0 Å². The predicted octanol–water partition coefficient (Wildman–Crippen LogP) is 9.38. The van der Waals surface area contributed by atoms with Gasteiger partial charge in [0.15, 0.2) is 0 Å². The molecule has 8 atom stereocenters. The molecule has 4 aliphatic carbocycles. The van der Waals surface area contributed by atoms with Crippen LogP contribution in [0.2, 0.25) is 0 Å². The van der Waals surface area contributed by atoms with Gasteiger partial charge in [0.25, 0.3) is 16.6 Å². The zero-order valence-electron chi connectivity index (χ0n) is 35.7. The van der Waals surface area contributed by atoms with Crippen LogP contribution in [0, 0.1) is 40.4 Å². The molecule has 4 heteroatoms. The van der Waals surface area contributed by atoms with Crippen LogP contribution in [-0.2, 0) is 8.85 Å². The van der Waals surface area contributed by atoms with Gasteiger partial charge in [0.1, 0.15) is 0 Å². The lowest BCUT2D eigenvalue weighted by Gasteiger charge is -2.63. The zero-order valence-corrected chi connectivity index (χ0v) is 37.7. The lowest BCUT2D eigenvalue weighted by atomic mass is 9.43. The molecule has 2 nitrogen and oxygen atoms in total. The lowest BCUT2D eigenvalue weighted by Crippen LogP contribution is -2.71. The quantitative estimate of drug-likeness (QED) is 0.0959. The molecule has 4 aliphatic rings. The fraction of sp³-hybridized carbons (Fsp3) is 0.357. The minimum absolute atomic E-state index is 0.129. The Kier molecular flexibility index (Phi) is 10.9. The molecule has 0 amide bonds. The van der Waals surface area contributed by atoms with Gasteiger partial charge in [-0.25, -0.2) is 0 Å². The average Bonchev–Trinajstić information content (AvgIpc) is 3.65. The molecule has 0 aromatic heterocycles. The third kappa shape index (κ3) is 6.56. The largest absolute Gasteiger partial charge is 0.404 e. The summed E-state index contributed by atoms with van der Waals surface area (Å²) in [6.07, 6.45) is 11.8. The Balaban J connectivity index is 1.03. The first-order chi connectivity index (χ1) is 29.5. The summed E-state index contributed by atoms with van der Waals surface area (Å²) in [6.45, 7) is 6.09. The molecule has 0 aliphatic heterocycles. The number of hydrogen-bond donors (Lipinski definition) is 0. The Morgan fingerprint density at radius 3 is 1.32 bits per heavy atom. The number of rotatable bonds is 11. The minimum Gasteiger partial charge on any atom is -0.404 e. The van der Waals surface area contributed by atoms with Crippen molar-refractivity contribution in [2.75, 3.05) is 6.61 Å². The lowest BCUT2D eigenvalue weighted by molar-refractivity contribution is -0.153. The van der Waals surface area contributed by atoms with Crippen molar-refractivity contribution in [3.05, 3.63) is 182 Å². The smallest absolute Gasteiger partial charge is 0.288 e. The summed E-state index contributed by atoms with van der Waals surface area (Å²) in [5, 5.41) is 8.08. The summed E-state index contributed by atoms with van der Waals surface area (Å²) < 4.78 is 16.2. The Morgan fingerprint density at radius 2 is 0.867 bits per heavy atom. The highest BCUT2D eigenvalue weighted by Crippen LogP contribution is 2.67. The van der Waals surface area contributed by atoms with Gasteiger partial charge in [-0.15, -0.1) is 0 Å². The van der Waals surface area contributed by atoms with Crippen LogP contribution < -0.4 is 31.1 Å². The van der Waals surface area contributed by atoms with E-state index >= 15 is 0 Å². The molecule has 0 N–H and O–H groups in total. The summed E-state index contributed by atoms with van der Waals surface area (Å²) >= 11 is 0. The maximum atomic E-state index is 8.12. The van der Waals surface area contributed by atoms with E-state index in [1.807, 2.05) is 0 Å². The molecule has 0 spiro atoms. The van der Waals surface area contributed by atoms with Gasteiger partial charge in [0, 0.05) is 6.61 Å². The van der Waals surface area contributed by atoms with Gasteiger partial charge in [-0.2, -0.15) is 0 Å². The summed E-state index contributed by atoms with van der Waals surface area (Å²) in [7, 11) is -5.71. The van der Waals surface area contributed by atoms with E-state index in [1.165, 1.54) is 82.5 Å². The van der Waals surface area contributed by atoms with E-state index in [0.29, 0.717) is 23.7 Å². The second-order valence-electron chi connectivity index (χ2n) is 19.2. The molecule has 6 aromatic carbocycles. The second-order valence-corrected chi connectivity index (χ2v) is 26.0. The summed E-state index contributed by atoms with van der Waals surface area (Å²) in [6, 6.07) is 67.7. The van der Waals surface area contributed by atoms with Crippen LogP contribution in [0.15, 0.2) is 182 Å². The van der Waals surface area contributed by atoms with Crippen LogP contribution in [0.5, 0.6) is 0 Å². The van der Waals surface area contributed by atoms with Crippen molar-refractivity contribution in [1.82, 2.24) is 0 Å². The van der Waals surface area contributed by atoms with Crippen LogP contribution >= 0.6 is 0 Å². The number of hydrogen-bond acceptors (Lipinski definition) is 2. The highest BCUT2D eigenvalue weighted by atomic mass is 28.4. The van der Waals surface area contributed by atoms with Crippen molar-refractivity contribution in [3.63, 3.8) is 0 Å². The topological polar surface area (TPSA) is 18.5 Å². The maximum Gasteiger partial charge on any atom is 0.288 e. The van der Waals surface area contributed by atoms with Crippen LogP contribution in [0.3, 0.4) is 0 Å². The fourth-order valence-electron chi connectivity index (χ4n) is 13.9. The SMILES string of the molecule is CC1CCC[C@@]2(CO[Si](c3ccccc3)(c3ccccc3)c3ccccc3)C1CC[C@@H]1[C@H]2CC[C@]2(C)C(O[Si](c3ccccc3)(c3ccccc3)c3ccccc3)CC[C@@H]12. The molecule has 10 rings (SSSR count). The fourth-order valence-corrected chi connectivity index (χ4v) is 22.1. The zero-order chi connectivity index (χ0) is 40.6. The third-order valence-electron chi connectivity index (χ3n) is 16.6. The van der Waals surface area contributed by atoms with Gasteiger partial charge >= 0.3 is 0 Å². The van der Waals surface area contributed by atoms with Gasteiger partial charge in [0.05, 0.1) is 6.10 Å². The van der Waals surface area contributed by atoms with Gasteiger partial charge in [-0.05, 0) is 116 Å². The average molecular weight is 823 g/mol. The molecule has 306 valence electrons. The van der Waals surface area contributed by atoms with Gasteiger partial charge < -0.3 is 8.85 Å². The third-order valence-corrected chi connectivity index (χ3v) is 24.7. The summed E-state index contributed by atoms with van der Waals surface area (Å²) in [4.78, 5) is 0. The van der Waals surface area contributed by atoms with Crippen LogP contribution in [0.25, 0.3) is 0 Å². The normalized spacial score (nSPS) is 28.9. The monoisotopic (exact) mass is 822 g/mol. The van der Waals surface area contributed by atoms with Crippen molar-refractivity contribution in [2.24, 2.45) is 40.4 Å². The van der Waals surface area contributed by atoms with E-state index in [-0.39, 0.29) is 16.9 Å². The Hall–Kier alpha value is -4.33. The maximum absolute atomic E-state index is 8.12. The predicted molar refractivity (Wildman–Crippen MR) is 254 cm³/mol. The van der Waals surface area contributed by atoms with E-state index < -0.39 is 16.6 Å². The van der Waals surface area contributed by atoms with Crippen LogP contribution in [0.4, 0.5) is 0 Å². The molecular weight excluding hydrogens is 761 g/mol. The molecule has 4 fully saturated rings. The second kappa shape index (κ2) is 16.5. The van der Waals surface area contributed by atoms with Gasteiger partial charge in [-0.3, -0.25) is 0 Å². The Morgan fingerprint density at radius 1 is 0.450 bits per heavy atom. The van der Waals surface area contributed by atoms with Gasteiger partial charge in [-0.1, -0.05) is 209 Å². The molecule has 3 unspecified atom stereocenters. The first kappa shape index (κ1) is 39.8. The van der Waals surface area contributed by atoms with Crippen LogP contribution in [0.1, 0.15) is 71.6 Å². The molecule has 0 saturated heterocycles. The van der Waals surface area contributed by atoms with E-state index in [2.05, 4.69) is 196 Å². The molecule has 0 radical (unpaired) electrons. The number of fused-ring (bicyclic) bond motifs is 5. The van der Waals surface area contributed by atoms with Gasteiger partial charge in [0.2, 0.25) is 0 Å². The molecule has 4 saturated carbocycles. The molecule has 0 bridgehead atoms. The highest BCUT2D eigenvalue weighted by molar-refractivity contribution is 7.07. The molecule has 6 aromatic rings. The highest BCUT2D eigenvalue weighted by Gasteiger charge is 2.64. The standard InChI is InChI=1S/C56H62O2Si2/c1-43-22-21-40-56(42-57-59(44-23-9-3-10-24-44,45-25-11-4-12-26-45)46-27-13-5-14-28-46)51(43)36-35-50-52-37-38-54(55(52,2)41-39-53(50)56)58-60(47-29-15-6-16-30-47,48-31-17-7-18-32-48)49-33-19-8-20-34-49/h3-20,23-34,43,50-54H,21-22,35-42H2,1-2H3/t43?,50-,51?,52-,53+,54?,55-,56+/m0/s1. The molecular formula is C56H62O2Si2. The summed E-state index contributed by atoms with van der Waals surface area (Å²) in [5.41, 5.74) is 0.303. The summed E-state index contributed by atoms with van der Waals surface area (Å²) in [5.74, 6) is 3.46. The van der Waals surface area contributed by atoms with Crippen molar-refractivity contribution in [2.45, 2.75) is 77.7 Å². The van der Waals surface area contributed by atoms with E-state index in [0.717, 1.165) is 18.9 Å². The van der Waals surface area contributed by atoms with Crippen molar-refractivity contribution < 1.29 is 8.85 Å². The first-order valence-corrected chi connectivity index (χ1v) is 27.0. The first-order valence-electron chi connectivity index (χ1n) is 23.1. The Labute approximate surface area is 361 Å². The van der Waals surface area contributed by atoms with Crippen molar-refractivity contribution in [3.8, 4) is 0 Å². The Bertz CT molecular complexity index is 2110. The molecule has 0 heterocycles. The minimum atomic E-state index is -2.86. The molecule has 60 heavy (non-hydrogen) atoms. The van der Waals surface area contributed by atoms with E-state index in [9.17, 15) is 0 Å².